The third-order valence-electron chi connectivity index (χ3n) is 2.88. The fourth-order valence-electron chi connectivity index (χ4n) is 1.74. The number of carbonyl (C=O) groups is 1. The SMILES string of the molecule is O=C(NCC=Cc1cccc(SCCCCCO)c1)C(F)(F)F. The van der Waals surface area contributed by atoms with Gasteiger partial charge in [0.25, 0.3) is 0 Å². The Hall–Kier alpha value is -1.47. The highest BCUT2D eigenvalue weighted by Crippen LogP contribution is 2.21. The van der Waals surface area contributed by atoms with Gasteiger partial charge in [-0.1, -0.05) is 30.7 Å². The van der Waals surface area contributed by atoms with Crippen molar-refractivity contribution in [3.8, 4) is 0 Å². The van der Waals surface area contributed by atoms with Gasteiger partial charge in [0.15, 0.2) is 0 Å². The van der Waals surface area contributed by atoms with Gasteiger partial charge in [-0.2, -0.15) is 13.2 Å². The summed E-state index contributed by atoms with van der Waals surface area (Å²) in [6.07, 6.45) is 1.13. The van der Waals surface area contributed by atoms with E-state index >= 15 is 0 Å². The van der Waals surface area contributed by atoms with E-state index in [-0.39, 0.29) is 13.2 Å². The van der Waals surface area contributed by atoms with Crippen LogP contribution in [0.1, 0.15) is 24.8 Å². The molecule has 0 heterocycles. The molecule has 0 saturated heterocycles. The zero-order valence-electron chi connectivity index (χ0n) is 12.6. The third kappa shape index (κ3) is 8.66. The number of nitrogens with one attached hydrogen (secondary N) is 1. The minimum absolute atomic E-state index is 0.170. The summed E-state index contributed by atoms with van der Waals surface area (Å²) in [7, 11) is 0. The molecule has 0 saturated carbocycles. The van der Waals surface area contributed by atoms with Gasteiger partial charge in [0.2, 0.25) is 0 Å². The first-order valence-corrected chi connectivity index (χ1v) is 8.27. The van der Waals surface area contributed by atoms with Gasteiger partial charge in [-0.15, -0.1) is 11.8 Å². The van der Waals surface area contributed by atoms with Crippen molar-refractivity contribution in [2.75, 3.05) is 18.9 Å². The first-order valence-electron chi connectivity index (χ1n) is 7.29. The van der Waals surface area contributed by atoms with Gasteiger partial charge < -0.3 is 10.4 Å². The van der Waals surface area contributed by atoms with Crippen LogP contribution >= 0.6 is 11.8 Å². The Morgan fingerprint density at radius 1 is 1.26 bits per heavy atom. The van der Waals surface area contributed by atoms with Crippen LogP contribution in [0.4, 0.5) is 13.2 Å². The Balaban J connectivity index is 2.38. The maximum absolute atomic E-state index is 12.0. The van der Waals surface area contributed by atoms with E-state index in [1.807, 2.05) is 24.3 Å². The Labute approximate surface area is 138 Å². The molecule has 0 bridgehead atoms. The fourth-order valence-corrected chi connectivity index (χ4v) is 2.71. The molecule has 0 aliphatic rings. The molecule has 7 heteroatoms. The molecule has 23 heavy (non-hydrogen) atoms. The van der Waals surface area contributed by atoms with Gasteiger partial charge in [0.1, 0.15) is 0 Å². The molecule has 0 aliphatic heterocycles. The molecule has 3 nitrogen and oxygen atoms in total. The largest absolute Gasteiger partial charge is 0.471 e. The van der Waals surface area contributed by atoms with Crippen molar-refractivity contribution in [1.82, 2.24) is 5.32 Å². The standard InChI is InChI=1S/C16H20F3NO2S/c17-16(18,19)15(22)20-9-5-7-13-6-4-8-14(12-13)23-11-3-1-2-10-21/h4-8,12,21H,1-3,9-11H2,(H,20,22). The van der Waals surface area contributed by atoms with Crippen molar-refractivity contribution in [3.63, 3.8) is 0 Å². The van der Waals surface area contributed by atoms with Gasteiger partial charge in [0, 0.05) is 18.0 Å². The molecule has 2 N–H and O–H groups in total. The molecule has 0 spiro atoms. The van der Waals surface area contributed by atoms with Gasteiger partial charge >= 0.3 is 12.1 Å². The van der Waals surface area contributed by atoms with E-state index in [1.165, 1.54) is 6.08 Å². The minimum Gasteiger partial charge on any atom is -0.396 e. The first-order chi connectivity index (χ1) is 10.9. The Morgan fingerprint density at radius 2 is 2.04 bits per heavy atom. The third-order valence-corrected chi connectivity index (χ3v) is 3.96. The lowest BCUT2D eigenvalue weighted by atomic mass is 10.2. The van der Waals surface area contributed by atoms with Crippen molar-refractivity contribution in [3.05, 3.63) is 35.9 Å². The van der Waals surface area contributed by atoms with E-state index in [0.717, 1.165) is 35.5 Å². The predicted molar refractivity (Wildman–Crippen MR) is 86.2 cm³/mol. The summed E-state index contributed by atoms with van der Waals surface area (Å²) >= 11 is 1.70. The highest BCUT2D eigenvalue weighted by molar-refractivity contribution is 7.99. The molecule has 0 aliphatic carbocycles. The molecule has 1 aromatic rings. The summed E-state index contributed by atoms with van der Waals surface area (Å²) < 4.78 is 36.0. The average molecular weight is 347 g/mol. The van der Waals surface area contributed by atoms with Crippen molar-refractivity contribution in [2.24, 2.45) is 0 Å². The van der Waals surface area contributed by atoms with Crippen LogP contribution in [0.15, 0.2) is 35.2 Å². The topological polar surface area (TPSA) is 49.3 Å². The quantitative estimate of drug-likeness (QED) is 0.530. The Morgan fingerprint density at radius 3 is 2.74 bits per heavy atom. The lowest BCUT2D eigenvalue weighted by Crippen LogP contribution is -2.36. The fraction of sp³-hybridized carbons (Fsp3) is 0.438. The maximum atomic E-state index is 12.0. The predicted octanol–water partition coefficient (Wildman–Crippen LogP) is 3.63. The van der Waals surface area contributed by atoms with Gasteiger partial charge in [-0.3, -0.25) is 4.79 Å². The Bertz CT molecular complexity index is 518. The molecule has 0 radical (unpaired) electrons. The van der Waals surface area contributed by atoms with E-state index < -0.39 is 12.1 Å². The van der Waals surface area contributed by atoms with Crippen molar-refractivity contribution >= 4 is 23.7 Å². The zero-order valence-corrected chi connectivity index (χ0v) is 13.4. The number of unbranched alkanes of at least 4 members (excludes halogenated alkanes) is 2. The first kappa shape index (κ1) is 19.6. The van der Waals surface area contributed by atoms with Crippen LogP contribution in [0.5, 0.6) is 0 Å². The Kier molecular flexibility index (Phi) is 8.79. The smallest absolute Gasteiger partial charge is 0.396 e. The number of amides is 1. The number of aliphatic hydroxyl groups excluding tert-OH is 1. The lowest BCUT2D eigenvalue weighted by molar-refractivity contribution is -0.173. The van der Waals surface area contributed by atoms with Crippen LogP contribution in [0.2, 0.25) is 0 Å². The summed E-state index contributed by atoms with van der Waals surface area (Å²) in [6.45, 7) is 0.0483. The van der Waals surface area contributed by atoms with Crippen LogP contribution in [-0.4, -0.2) is 36.1 Å². The summed E-state index contributed by atoms with van der Waals surface area (Å²) in [4.78, 5) is 11.7. The second kappa shape index (κ2) is 10.3. The molecule has 0 unspecified atom stereocenters. The normalized spacial score (nSPS) is 11.8. The van der Waals surface area contributed by atoms with E-state index in [2.05, 4.69) is 0 Å². The van der Waals surface area contributed by atoms with Crippen LogP contribution < -0.4 is 5.32 Å². The highest BCUT2D eigenvalue weighted by atomic mass is 32.2. The molecular formula is C16H20F3NO2S. The zero-order chi connectivity index (χ0) is 17.1. The number of hydrogen-bond acceptors (Lipinski definition) is 3. The number of rotatable bonds is 9. The number of carbonyl (C=O) groups excluding carboxylic acids is 1. The molecule has 0 atom stereocenters. The number of alkyl halides is 3. The molecule has 1 rings (SSSR count). The van der Waals surface area contributed by atoms with Crippen LogP contribution in [0, 0.1) is 0 Å². The van der Waals surface area contributed by atoms with Crippen molar-refractivity contribution in [1.29, 1.82) is 0 Å². The van der Waals surface area contributed by atoms with Gasteiger partial charge in [-0.05, 0) is 36.3 Å². The summed E-state index contributed by atoms with van der Waals surface area (Å²) in [5.74, 6) is -0.983. The van der Waals surface area contributed by atoms with E-state index in [4.69, 9.17) is 5.11 Å². The van der Waals surface area contributed by atoms with Crippen LogP contribution in [0.25, 0.3) is 6.08 Å². The number of aliphatic hydroxyl groups is 1. The van der Waals surface area contributed by atoms with Gasteiger partial charge in [0.05, 0.1) is 0 Å². The molecular weight excluding hydrogens is 327 g/mol. The summed E-state index contributed by atoms with van der Waals surface area (Å²) in [6, 6.07) is 7.64. The molecule has 1 aromatic carbocycles. The van der Waals surface area contributed by atoms with E-state index in [0.29, 0.717) is 0 Å². The number of thioether (sulfide) groups is 1. The highest BCUT2D eigenvalue weighted by Gasteiger charge is 2.37. The van der Waals surface area contributed by atoms with Gasteiger partial charge in [-0.25, -0.2) is 0 Å². The lowest BCUT2D eigenvalue weighted by Gasteiger charge is -2.05. The summed E-state index contributed by atoms with van der Waals surface area (Å²) in [5.41, 5.74) is 0.867. The minimum atomic E-state index is -4.85. The molecule has 0 aromatic heterocycles. The maximum Gasteiger partial charge on any atom is 0.471 e. The second-order valence-corrected chi connectivity index (χ2v) is 5.98. The molecule has 1 amide bonds. The molecule has 128 valence electrons. The number of halogens is 3. The van der Waals surface area contributed by atoms with E-state index in [1.54, 1.807) is 23.2 Å². The van der Waals surface area contributed by atoms with Crippen molar-refractivity contribution < 1.29 is 23.1 Å². The van der Waals surface area contributed by atoms with Crippen molar-refractivity contribution in [2.45, 2.75) is 30.3 Å². The average Bonchev–Trinajstić information content (AvgIpc) is 2.50. The van der Waals surface area contributed by atoms with E-state index in [9.17, 15) is 18.0 Å². The van der Waals surface area contributed by atoms with Crippen LogP contribution in [0.3, 0.4) is 0 Å². The monoisotopic (exact) mass is 347 g/mol. The summed E-state index contributed by atoms with van der Waals surface area (Å²) in [5, 5.41) is 10.5. The number of benzene rings is 1. The molecule has 0 fully saturated rings. The van der Waals surface area contributed by atoms with Crippen LogP contribution in [-0.2, 0) is 4.79 Å². The second-order valence-electron chi connectivity index (χ2n) is 4.82. The number of hydrogen-bond donors (Lipinski definition) is 2.